The van der Waals surface area contributed by atoms with E-state index in [1.807, 2.05) is 0 Å². The summed E-state index contributed by atoms with van der Waals surface area (Å²) in [7, 11) is 1.35. The molecule has 0 saturated heterocycles. The molecule has 0 aliphatic rings. The summed E-state index contributed by atoms with van der Waals surface area (Å²) in [6.45, 7) is 7.11. The number of ether oxygens (including phenoxy) is 5. The van der Waals surface area contributed by atoms with Crippen molar-refractivity contribution in [3.05, 3.63) is 42.5 Å². The number of hydrogen-bond donors (Lipinski definition) is 0. The van der Waals surface area contributed by atoms with Gasteiger partial charge in [-0.25, -0.2) is 4.79 Å². The average molecular weight is 324 g/mol. The summed E-state index contributed by atoms with van der Waals surface area (Å²) in [5.41, 5.74) is 0.491. The molecule has 0 unspecified atom stereocenters. The zero-order chi connectivity index (χ0) is 16.8. The van der Waals surface area contributed by atoms with Gasteiger partial charge in [0.05, 0.1) is 52.3 Å². The van der Waals surface area contributed by atoms with Gasteiger partial charge in [0.15, 0.2) is 0 Å². The maximum absolute atomic E-state index is 11.3. The molecule has 1 aromatic carbocycles. The molecular formula is C17H24O6. The van der Waals surface area contributed by atoms with Gasteiger partial charge in [-0.2, -0.15) is 0 Å². The second-order valence-electron chi connectivity index (χ2n) is 4.45. The van der Waals surface area contributed by atoms with E-state index in [9.17, 15) is 4.79 Å². The first kappa shape index (κ1) is 19.2. The maximum atomic E-state index is 11.3. The van der Waals surface area contributed by atoms with E-state index in [2.05, 4.69) is 11.3 Å². The summed E-state index contributed by atoms with van der Waals surface area (Å²) in [6, 6.07) is 6.76. The van der Waals surface area contributed by atoms with E-state index >= 15 is 0 Å². The molecule has 0 N–H and O–H groups in total. The van der Waals surface area contributed by atoms with Crippen LogP contribution in [0.2, 0.25) is 0 Å². The molecule has 0 heterocycles. The zero-order valence-electron chi connectivity index (χ0n) is 13.5. The minimum atomic E-state index is -0.366. The Hall–Kier alpha value is -1.89. The van der Waals surface area contributed by atoms with Crippen LogP contribution in [0.15, 0.2) is 36.9 Å². The van der Waals surface area contributed by atoms with Crippen LogP contribution in [0.25, 0.3) is 0 Å². The fourth-order valence-corrected chi connectivity index (χ4v) is 1.63. The van der Waals surface area contributed by atoms with Crippen molar-refractivity contribution in [2.45, 2.75) is 0 Å². The summed E-state index contributed by atoms with van der Waals surface area (Å²) in [4.78, 5) is 11.3. The maximum Gasteiger partial charge on any atom is 0.337 e. The van der Waals surface area contributed by atoms with E-state index in [-0.39, 0.29) is 5.97 Å². The highest BCUT2D eigenvalue weighted by molar-refractivity contribution is 5.89. The van der Waals surface area contributed by atoms with E-state index in [1.54, 1.807) is 30.3 Å². The van der Waals surface area contributed by atoms with Gasteiger partial charge >= 0.3 is 5.97 Å². The Balaban J connectivity index is 1.98. The summed E-state index contributed by atoms with van der Waals surface area (Å²) in [5.74, 6) is 0.312. The van der Waals surface area contributed by atoms with Gasteiger partial charge in [-0.05, 0) is 24.3 Å². The highest BCUT2D eigenvalue weighted by Crippen LogP contribution is 2.12. The lowest BCUT2D eigenvalue weighted by Gasteiger charge is -2.08. The van der Waals surface area contributed by atoms with Crippen LogP contribution in [0, 0.1) is 0 Å². The molecule has 128 valence electrons. The third kappa shape index (κ3) is 8.97. The summed E-state index contributed by atoms with van der Waals surface area (Å²) >= 11 is 0. The Bertz CT molecular complexity index is 443. The first-order valence-electron chi connectivity index (χ1n) is 7.43. The van der Waals surface area contributed by atoms with Crippen LogP contribution in [0.1, 0.15) is 10.4 Å². The van der Waals surface area contributed by atoms with E-state index < -0.39 is 0 Å². The van der Waals surface area contributed by atoms with Crippen LogP contribution in [-0.2, 0) is 18.9 Å². The van der Waals surface area contributed by atoms with Crippen LogP contribution in [-0.4, -0.2) is 59.3 Å². The first-order chi connectivity index (χ1) is 11.3. The van der Waals surface area contributed by atoms with Gasteiger partial charge in [-0.15, -0.1) is 6.58 Å². The molecule has 0 radical (unpaired) electrons. The first-order valence-corrected chi connectivity index (χ1v) is 7.43. The minimum Gasteiger partial charge on any atom is -0.491 e. The normalized spacial score (nSPS) is 10.3. The quantitative estimate of drug-likeness (QED) is 0.314. The van der Waals surface area contributed by atoms with Gasteiger partial charge in [-0.3, -0.25) is 0 Å². The Morgan fingerprint density at radius 3 is 2.09 bits per heavy atom. The van der Waals surface area contributed by atoms with Crippen molar-refractivity contribution in [1.29, 1.82) is 0 Å². The van der Waals surface area contributed by atoms with Gasteiger partial charge in [0.25, 0.3) is 0 Å². The van der Waals surface area contributed by atoms with Gasteiger partial charge in [0, 0.05) is 0 Å². The molecule has 23 heavy (non-hydrogen) atoms. The van der Waals surface area contributed by atoms with Crippen molar-refractivity contribution >= 4 is 5.97 Å². The SMILES string of the molecule is C=CCOCCOCCOCCOc1ccc(C(=O)OC)cc1. The lowest BCUT2D eigenvalue weighted by atomic mass is 10.2. The van der Waals surface area contributed by atoms with Gasteiger partial charge in [0.2, 0.25) is 0 Å². The molecule has 1 rings (SSSR count). The van der Waals surface area contributed by atoms with Crippen LogP contribution in [0.4, 0.5) is 0 Å². The molecule has 0 saturated carbocycles. The molecule has 0 atom stereocenters. The van der Waals surface area contributed by atoms with Crippen LogP contribution < -0.4 is 4.74 Å². The molecule has 0 aliphatic carbocycles. The fraction of sp³-hybridized carbons (Fsp3) is 0.471. The molecule has 0 fully saturated rings. The van der Waals surface area contributed by atoms with Crippen LogP contribution in [0.5, 0.6) is 5.75 Å². The van der Waals surface area contributed by atoms with Gasteiger partial charge in [0.1, 0.15) is 12.4 Å². The van der Waals surface area contributed by atoms with Crippen molar-refractivity contribution < 1.29 is 28.5 Å². The predicted octanol–water partition coefficient (Wildman–Crippen LogP) is 2.09. The molecule has 6 nitrogen and oxygen atoms in total. The number of benzene rings is 1. The molecule has 0 bridgehead atoms. The molecule has 0 amide bonds. The van der Waals surface area contributed by atoms with Crippen molar-refractivity contribution in [3.63, 3.8) is 0 Å². The highest BCUT2D eigenvalue weighted by Gasteiger charge is 2.04. The highest BCUT2D eigenvalue weighted by atomic mass is 16.6. The largest absolute Gasteiger partial charge is 0.491 e. The predicted molar refractivity (Wildman–Crippen MR) is 85.9 cm³/mol. The van der Waals surface area contributed by atoms with E-state index in [4.69, 9.17) is 18.9 Å². The molecule has 0 aliphatic heterocycles. The second kappa shape index (κ2) is 12.6. The number of carbonyl (C=O) groups excluding carboxylic acids is 1. The van der Waals surface area contributed by atoms with Crippen LogP contribution in [0.3, 0.4) is 0 Å². The number of methoxy groups -OCH3 is 1. The Labute approximate surface area is 136 Å². The lowest BCUT2D eigenvalue weighted by Crippen LogP contribution is -2.12. The van der Waals surface area contributed by atoms with Crippen molar-refractivity contribution in [2.75, 3.05) is 53.4 Å². The summed E-state index contributed by atoms with van der Waals surface area (Å²) in [6.07, 6.45) is 1.70. The lowest BCUT2D eigenvalue weighted by molar-refractivity contribution is 0.0135. The Morgan fingerprint density at radius 2 is 1.52 bits per heavy atom. The summed E-state index contributed by atoms with van der Waals surface area (Å²) in [5, 5.41) is 0. The monoisotopic (exact) mass is 324 g/mol. The third-order valence-electron chi connectivity index (χ3n) is 2.75. The van der Waals surface area contributed by atoms with E-state index in [0.717, 1.165) is 0 Å². The number of hydrogen-bond acceptors (Lipinski definition) is 6. The number of esters is 1. The number of carbonyl (C=O) groups is 1. The third-order valence-corrected chi connectivity index (χ3v) is 2.75. The molecule has 1 aromatic rings. The van der Waals surface area contributed by atoms with Crippen molar-refractivity contribution in [2.24, 2.45) is 0 Å². The zero-order valence-corrected chi connectivity index (χ0v) is 13.5. The van der Waals surface area contributed by atoms with Crippen molar-refractivity contribution in [3.8, 4) is 5.75 Å². The van der Waals surface area contributed by atoms with Crippen molar-refractivity contribution in [1.82, 2.24) is 0 Å². The van der Waals surface area contributed by atoms with Crippen LogP contribution >= 0.6 is 0 Å². The van der Waals surface area contributed by atoms with Gasteiger partial charge in [-0.1, -0.05) is 6.08 Å². The summed E-state index contributed by atoms with van der Waals surface area (Å²) < 4.78 is 26.0. The topological polar surface area (TPSA) is 63.2 Å². The van der Waals surface area contributed by atoms with E-state index in [0.29, 0.717) is 57.6 Å². The molecular weight excluding hydrogens is 300 g/mol. The Morgan fingerprint density at radius 1 is 0.957 bits per heavy atom. The van der Waals surface area contributed by atoms with E-state index in [1.165, 1.54) is 7.11 Å². The average Bonchev–Trinajstić information content (AvgIpc) is 2.59. The molecule has 6 heteroatoms. The smallest absolute Gasteiger partial charge is 0.337 e. The molecule has 0 spiro atoms. The minimum absolute atomic E-state index is 0.366. The fourth-order valence-electron chi connectivity index (χ4n) is 1.63. The van der Waals surface area contributed by atoms with Gasteiger partial charge < -0.3 is 23.7 Å². The number of rotatable bonds is 13. The molecule has 0 aromatic heterocycles. The standard InChI is InChI=1S/C17H24O6/c1-3-8-20-9-10-21-11-12-22-13-14-23-16-6-4-15(5-7-16)17(18)19-2/h3-7H,1,8-14H2,2H3. The Kier molecular flexibility index (Phi) is 10.5. The second-order valence-corrected chi connectivity index (χ2v) is 4.45.